The molecule has 2 aromatic rings. The van der Waals surface area contributed by atoms with Gasteiger partial charge in [0, 0.05) is 5.92 Å². The SMILES string of the molecule is CCC(c1ccccc1C(C)(C)C)c1cccc(C(C)(C)C)c1C(C)(C)C. The van der Waals surface area contributed by atoms with Crippen LogP contribution in [0.3, 0.4) is 0 Å². The lowest BCUT2D eigenvalue weighted by Crippen LogP contribution is -2.25. The summed E-state index contributed by atoms with van der Waals surface area (Å²) in [5, 5.41) is 0. The fraction of sp³-hybridized carbons (Fsp3) is 0.556. The minimum absolute atomic E-state index is 0.114. The summed E-state index contributed by atoms with van der Waals surface area (Å²) in [7, 11) is 0. The zero-order chi connectivity index (χ0) is 20.6. The highest BCUT2D eigenvalue weighted by atomic mass is 14.4. The minimum Gasteiger partial charge on any atom is -0.0645 e. The summed E-state index contributed by atoms with van der Waals surface area (Å²) in [5.74, 6) is 0.428. The predicted octanol–water partition coefficient (Wildman–Crippen LogP) is 8.12. The van der Waals surface area contributed by atoms with E-state index in [-0.39, 0.29) is 16.2 Å². The Morgan fingerprint density at radius 2 is 1.07 bits per heavy atom. The topological polar surface area (TPSA) is 0 Å². The monoisotopic (exact) mass is 364 g/mol. The molecule has 0 aromatic heterocycles. The van der Waals surface area contributed by atoms with Crippen molar-refractivity contribution in [3.8, 4) is 0 Å². The highest BCUT2D eigenvalue weighted by molar-refractivity contribution is 5.50. The molecule has 2 aromatic carbocycles. The summed E-state index contributed by atoms with van der Waals surface area (Å²) in [6.07, 6.45) is 1.11. The van der Waals surface area contributed by atoms with Gasteiger partial charge in [0.1, 0.15) is 0 Å². The Morgan fingerprint density at radius 1 is 0.593 bits per heavy atom. The lowest BCUT2D eigenvalue weighted by Gasteiger charge is -2.36. The highest BCUT2D eigenvalue weighted by Crippen LogP contribution is 2.43. The second-order valence-electron chi connectivity index (χ2n) is 11.1. The van der Waals surface area contributed by atoms with Gasteiger partial charge < -0.3 is 0 Å². The van der Waals surface area contributed by atoms with Crippen molar-refractivity contribution in [3.05, 3.63) is 70.3 Å². The number of rotatable bonds is 3. The van der Waals surface area contributed by atoms with E-state index >= 15 is 0 Å². The fourth-order valence-corrected chi connectivity index (χ4v) is 4.41. The standard InChI is InChI=1S/C27H40/c1-11-19(20-15-12-13-17-22(20)25(2,3)4)21-16-14-18-23(26(5,6)7)24(21)27(8,9)10/h12-19H,11H2,1-10H3. The summed E-state index contributed by atoms with van der Waals surface area (Å²) in [5.41, 5.74) is 7.89. The van der Waals surface area contributed by atoms with Crippen LogP contribution in [-0.4, -0.2) is 0 Å². The molecule has 0 bridgehead atoms. The maximum Gasteiger partial charge on any atom is 0.00927 e. The Bertz CT molecular complexity index is 773. The average Bonchev–Trinajstić information content (AvgIpc) is 2.53. The number of hydrogen-bond donors (Lipinski definition) is 0. The average molecular weight is 365 g/mol. The zero-order valence-electron chi connectivity index (χ0n) is 19.3. The lowest BCUT2D eigenvalue weighted by molar-refractivity contribution is 0.518. The van der Waals surface area contributed by atoms with E-state index in [4.69, 9.17) is 0 Å². The van der Waals surface area contributed by atoms with Crippen molar-refractivity contribution >= 4 is 0 Å². The Labute approximate surface area is 168 Å². The predicted molar refractivity (Wildman–Crippen MR) is 121 cm³/mol. The van der Waals surface area contributed by atoms with Crippen LogP contribution in [-0.2, 0) is 16.2 Å². The van der Waals surface area contributed by atoms with Gasteiger partial charge >= 0.3 is 0 Å². The van der Waals surface area contributed by atoms with Gasteiger partial charge in [-0.15, -0.1) is 0 Å². The number of benzene rings is 2. The van der Waals surface area contributed by atoms with Gasteiger partial charge in [-0.05, 0) is 50.5 Å². The molecule has 0 N–H and O–H groups in total. The van der Waals surface area contributed by atoms with Gasteiger partial charge in [-0.25, -0.2) is 0 Å². The lowest BCUT2D eigenvalue weighted by atomic mass is 9.69. The van der Waals surface area contributed by atoms with Gasteiger partial charge in [0.15, 0.2) is 0 Å². The summed E-state index contributed by atoms with van der Waals surface area (Å²) >= 11 is 0. The van der Waals surface area contributed by atoms with Crippen molar-refractivity contribution in [2.45, 2.75) is 97.8 Å². The molecule has 1 atom stereocenters. The Morgan fingerprint density at radius 3 is 1.56 bits per heavy atom. The maximum atomic E-state index is 2.38. The zero-order valence-corrected chi connectivity index (χ0v) is 19.3. The van der Waals surface area contributed by atoms with E-state index in [0.717, 1.165) is 6.42 Å². The fourth-order valence-electron chi connectivity index (χ4n) is 4.41. The van der Waals surface area contributed by atoms with Gasteiger partial charge in [-0.1, -0.05) is 112 Å². The molecule has 0 aliphatic carbocycles. The van der Waals surface area contributed by atoms with Crippen LogP contribution in [0.4, 0.5) is 0 Å². The number of hydrogen-bond acceptors (Lipinski definition) is 0. The molecule has 0 saturated carbocycles. The van der Waals surface area contributed by atoms with Crippen molar-refractivity contribution in [1.82, 2.24) is 0 Å². The van der Waals surface area contributed by atoms with Crippen molar-refractivity contribution < 1.29 is 0 Å². The molecule has 1 unspecified atom stereocenters. The summed E-state index contributed by atoms with van der Waals surface area (Å²) < 4.78 is 0. The van der Waals surface area contributed by atoms with Crippen molar-refractivity contribution in [2.24, 2.45) is 0 Å². The minimum atomic E-state index is 0.114. The molecule has 0 heterocycles. The first kappa shape index (κ1) is 21.7. The van der Waals surface area contributed by atoms with E-state index in [1.807, 2.05) is 0 Å². The first-order valence-corrected chi connectivity index (χ1v) is 10.5. The van der Waals surface area contributed by atoms with E-state index in [1.165, 1.54) is 27.8 Å². The van der Waals surface area contributed by atoms with Crippen LogP contribution in [0.15, 0.2) is 42.5 Å². The molecule has 0 saturated heterocycles. The molecule has 0 aliphatic rings. The van der Waals surface area contributed by atoms with Crippen LogP contribution in [0, 0.1) is 0 Å². The normalized spacial score (nSPS) is 14.3. The van der Waals surface area contributed by atoms with Gasteiger partial charge in [0.25, 0.3) is 0 Å². The van der Waals surface area contributed by atoms with E-state index in [2.05, 4.69) is 112 Å². The molecule has 0 heteroatoms. The third kappa shape index (κ3) is 4.65. The van der Waals surface area contributed by atoms with Crippen LogP contribution in [0.5, 0.6) is 0 Å². The van der Waals surface area contributed by atoms with E-state index in [9.17, 15) is 0 Å². The molecule has 0 aliphatic heterocycles. The van der Waals surface area contributed by atoms with Gasteiger partial charge in [-0.3, -0.25) is 0 Å². The molecular weight excluding hydrogens is 324 g/mol. The molecule has 27 heavy (non-hydrogen) atoms. The second kappa shape index (κ2) is 7.46. The second-order valence-corrected chi connectivity index (χ2v) is 11.1. The van der Waals surface area contributed by atoms with Crippen molar-refractivity contribution in [3.63, 3.8) is 0 Å². The quantitative estimate of drug-likeness (QED) is 0.516. The third-order valence-corrected chi connectivity index (χ3v) is 5.58. The Balaban J connectivity index is 2.81. The summed E-state index contributed by atoms with van der Waals surface area (Å²) in [6.45, 7) is 23.4. The molecule has 0 radical (unpaired) electrons. The Hall–Kier alpha value is -1.56. The van der Waals surface area contributed by atoms with Crippen LogP contribution >= 0.6 is 0 Å². The third-order valence-electron chi connectivity index (χ3n) is 5.58. The van der Waals surface area contributed by atoms with E-state index in [0.29, 0.717) is 5.92 Å². The molecule has 0 nitrogen and oxygen atoms in total. The van der Waals surface area contributed by atoms with Crippen molar-refractivity contribution in [1.29, 1.82) is 0 Å². The van der Waals surface area contributed by atoms with Crippen molar-refractivity contribution in [2.75, 3.05) is 0 Å². The first-order chi connectivity index (χ1) is 12.3. The molecule has 0 amide bonds. The maximum absolute atomic E-state index is 2.38. The highest BCUT2D eigenvalue weighted by Gasteiger charge is 2.31. The molecule has 148 valence electrons. The van der Waals surface area contributed by atoms with E-state index in [1.54, 1.807) is 0 Å². The largest absolute Gasteiger partial charge is 0.0645 e. The van der Waals surface area contributed by atoms with Crippen LogP contribution in [0.1, 0.15) is 109 Å². The summed E-state index contributed by atoms with van der Waals surface area (Å²) in [6, 6.07) is 16.1. The molecule has 0 spiro atoms. The van der Waals surface area contributed by atoms with Crippen LogP contribution in [0.25, 0.3) is 0 Å². The van der Waals surface area contributed by atoms with Gasteiger partial charge in [0.05, 0.1) is 0 Å². The van der Waals surface area contributed by atoms with Gasteiger partial charge in [-0.2, -0.15) is 0 Å². The molecule has 0 fully saturated rings. The summed E-state index contributed by atoms with van der Waals surface area (Å²) in [4.78, 5) is 0. The molecular formula is C27H40. The first-order valence-electron chi connectivity index (χ1n) is 10.5. The van der Waals surface area contributed by atoms with Gasteiger partial charge in [0.2, 0.25) is 0 Å². The molecule has 2 rings (SSSR count). The smallest absolute Gasteiger partial charge is 0.00927 e. The van der Waals surface area contributed by atoms with E-state index < -0.39 is 0 Å². The Kier molecular flexibility index (Phi) is 6.00. The van der Waals surface area contributed by atoms with Crippen LogP contribution in [0.2, 0.25) is 0 Å². The van der Waals surface area contributed by atoms with Crippen LogP contribution < -0.4 is 0 Å².